The number of hydrogen-bond acceptors (Lipinski definition) is 0. The second-order valence-electron chi connectivity index (χ2n) is 5.97. The summed E-state index contributed by atoms with van der Waals surface area (Å²) in [6, 6.07) is 22.2. The quantitative estimate of drug-likeness (QED) is 0.759. The molecule has 0 radical (unpaired) electrons. The lowest BCUT2D eigenvalue weighted by atomic mass is 10.2. The van der Waals surface area contributed by atoms with Crippen LogP contribution in [0, 0.1) is 5.92 Å². The highest BCUT2D eigenvalue weighted by Crippen LogP contribution is 2.31. The third-order valence-corrected chi connectivity index (χ3v) is 8.28. The van der Waals surface area contributed by atoms with Gasteiger partial charge in [0.15, 0.2) is 0 Å². The van der Waals surface area contributed by atoms with Gasteiger partial charge in [-0.1, -0.05) is 100 Å². The third-order valence-electron chi connectivity index (χ3n) is 4.59. The van der Waals surface area contributed by atoms with E-state index in [4.69, 9.17) is 0 Å². The molecule has 0 saturated carbocycles. The first-order chi connectivity index (χ1) is 10.2. The largest absolute Gasteiger partial charge is 0.129 e. The molecule has 1 atom stereocenters. The molecule has 21 heavy (non-hydrogen) atoms. The summed E-state index contributed by atoms with van der Waals surface area (Å²) >= 11 is 0. The average Bonchev–Trinajstić information content (AvgIpc) is 2.76. The summed E-state index contributed by atoms with van der Waals surface area (Å²) in [7, 11) is -1.33. The van der Waals surface area contributed by atoms with E-state index in [1.807, 2.05) is 0 Å². The highest BCUT2D eigenvalue weighted by molar-refractivity contribution is 6.91. The van der Waals surface area contributed by atoms with Gasteiger partial charge in [-0.15, -0.1) is 0 Å². The van der Waals surface area contributed by atoms with E-state index >= 15 is 0 Å². The van der Waals surface area contributed by atoms with Crippen molar-refractivity contribution < 1.29 is 0 Å². The van der Waals surface area contributed by atoms with Gasteiger partial charge in [0.25, 0.3) is 0 Å². The molecular formula is C20H22Si. The van der Waals surface area contributed by atoms with E-state index in [-0.39, 0.29) is 0 Å². The van der Waals surface area contributed by atoms with E-state index in [0.717, 1.165) is 0 Å². The molecule has 0 aromatic heterocycles. The predicted molar refractivity (Wildman–Crippen MR) is 94.9 cm³/mol. The van der Waals surface area contributed by atoms with Gasteiger partial charge in [-0.2, -0.15) is 0 Å². The Morgan fingerprint density at radius 3 is 1.62 bits per heavy atom. The first kappa shape index (κ1) is 14.1. The van der Waals surface area contributed by atoms with E-state index in [1.165, 1.54) is 21.5 Å². The lowest BCUT2D eigenvalue weighted by Gasteiger charge is -2.23. The van der Waals surface area contributed by atoms with Crippen LogP contribution in [0.15, 0.2) is 83.1 Å². The Bertz CT molecular complexity index is 641. The standard InChI is InChI=1S/C20H22Si/c1-15-14-16(2)20(17(15)3)21(18-10-6-4-7-11-18)19-12-8-5-9-13-19/h4-14,16,21H,1-3H3. The van der Waals surface area contributed by atoms with Crippen LogP contribution in [-0.4, -0.2) is 8.80 Å². The zero-order chi connectivity index (χ0) is 14.8. The summed E-state index contributed by atoms with van der Waals surface area (Å²) in [5.41, 5.74) is 2.98. The van der Waals surface area contributed by atoms with Crippen molar-refractivity contribution in [1.82, 2.24) is 0 Å². The zero-order valence-corrected chi connectivity index (χ0v) is 14.2. The summed E-state index contributed by atoms with van der Waals surface area (Å²) in [5.74, 6) is 0.571. The van der Waals surface area contributed by atoms with Crippen molar-refractivity contribution in [3.05, 3.63) is 83.1 Å². The number of benzene rings is 2. The van der Waals surface area contributed by atoms with Gasteiger partial charge >= 0.3 is 0 Å². The van der Waals surface area contributed by atoms with Crippen LogP contribution in [0.5, 0.6) is 0 Å². The lowest BCUT2D eigenvalue weighted by Crippen LogP contribution is -2.45. The summed E-state index contributed by atoms with van der Waals surface area (Å²) in [6.45, 7) is 6.90. The van der Waals surface area contributed by atoms with Gasteiger partial charge in [-0.25, -0.2) is 0 Å². The van der Waals surface area contributed by atoms with Gasteiger partial charge in [0.05, 0.1) is 0 Å². The fraction of sp³-hybridized carbons (Fsp3) is 0.200. The summed E-state index contributed by atoms with van der Waals surface area (Å²) in [5, 5.41) is 4.73. The maximum atomic E-state index is 2.43. The Balaban J connectivity index is 2.15. The van der Waals surface area contributed by atoms with Crippen molar-refractivity contribution in [2.45, 2.75) is 20.8 Å². The molecular weight excluding hydrogens is 268 g/mol. The summed E-state index contributed by atoms with van der Waals surface area (Å²) in [4.78, 5) is 0. The van der Waals surface area contributed by atoms with Gasteiger partial charge in [0, 0.05) is 0 Å². The molecule has 1 heteroatoms. The Morgan fingerprint density at radius 1 is 0.762 bits per heavy atom. The maximum absolute atomic E-state index is 2.43. The van der Waals surface area contributed by atoms with Crippen molar-refractivity contribution in [1.29, 1.82) is 0 Å². The number of allylic oxidation sites excluding steroid dienone is 4. The van der Waals surface area contributed by atoms with E-state index < -0.39 is 8.80 Å². The first-order valence-electron chi connectivity index (χ1n) is 7.68. The van der Waals surface area contributed by atoms with Crippen LogP contribution in [0.3, 0.4) is 0 Å². The van der Waals surface area contributed by atoms with Gasteiger partial charge in [0.2, 0.25) is 0 Å². The molecule has 0 spiro atoms. The minimum atomic E-state index is -1.33. The zero-order valence-electron chi connectivity index (χ0n) is 13.0. The molecule has 106 valence electrons. The molecule has 3 rings (SSSR count). The molecule has 1 aliphatic rings. The average molecular weight is 290 g/mol. The van der Waals surface area contributed by atoms with Gasteiger partial charge < -0.3 is 0 Å². The minimum absolute atomic E-state index is 0.571. The molecule has 0 amide bonds. The predicted octanol–water partition coefficient (Wildman–Crippen LogP) is 3.48. The highest BCUT2D eigenvalue weighted by Gasteiger charge is 2.29. The molecule has 0 bridgehead atoms. The second-order valence-corrected chi connectivity index (χ2v) is 8.79. The molecule has 1 unspecified atom stereocenters. The highest BCUT2D eigenvalue weighted by atomic mass is 28.3. The Kier molecular flexibility index (Phi) is 3.93. The van der Waals surface area contributed by atoms with Crippen molar-refractivity contribution in [2.24, 2.45) is 5.92 Å². The Labute approximate surface area is 129 Å². The van der Waals surface area contributed by atoms with Crippen LogP contribution in [0.1, 0.15) is 20.8 Å². The topological polar surface area (TPSA) is 0 Å². The van der Waals surface area contributed by atoms with Gasteiger partial charge in [0.1, 0.15) is 8.80 Å². The maximum Gasteiger partial charge on any atom is 0.129 e. The normalized spacial score (nSPS) is 18.3. The van der Waals surface area contributed by atoms with E-state index in [0.29, 0.717) is 5.92 Å². The van der Waals surface area contributed by atoms with Crippen LogP contribution < -0.4 is 10.4 Å². The molecule has 0 N–H and O–H groups in total. The minimum Gasteiger partial charge on any atom is -0.0748 e. The lowest BCUT2D eigenvalue weighted by molar-refractivity contribution is 0.926. The van der Waals surface area contributed by atoms with E-state index in [2.05, 4.69) is 87.5 Å². The molecule has 2 aromatic carbocycles. The van der Waals surface area contributed by atoms with Crippen molar-refractivity contribution in [2.75, 3.05) is 0 Å². The monoisotopic (exact) mass is 290 g/mol. The van der Waals surface area contributed by atoms with Crippen molar-refractivity contribution in [3.8, 4) is 0 Å². The molecule has 0 fully saturated rings. The molecule has 0 aliphatic heterocycles. The van der Waals surface area contributed by atoms with Crippen LogP contribution >= 0.6 is 0 Å². The van der Waals surface area contributed by atoms with Gasteiger partial charge in [-0.05, 0) is 19.8 Å². The summed E-state index contributed by atoms with van der Waals surface area (Å²) in [6.07, 6.45) is 2.43. The van der Waals surface area contributed by atoms with E-state index in [9.17, 15) is 0 Å². The SMILES string of the molecule is CC1=CC(C)C([SiH](c2ccccc2)c2ccccc2)=C1C. The van der Waals surface area contributed by atoms with Crippen LogP contribution in [0.2, 0.25) is 0 Å². The fourth-order valence-electron chi connectivity index (χ4n) is 3.48. The smallest absolute Gasteiger partial charge is 0.0748 e. The van der Waals surface area contributed by atoms with E-state index in [1.54, 1.807) is 5.20 Å². The molecule has 2 aromatic rings. The van der Waals surface area contributed by atoms with Crippen LogP contribution in [-0.2, 0) is 0 Å². The Hall–Kier alpha value is -1.86. The van der Waals surface area contributed by atoms with Crippen molar-refractivity contribution >= 4 is 19.2 Å². The van der Waals surface area contributed by atoms with Crippen LogP contribution in [0.4, 0.5) is 0 Å². The first-order valence-corrected chi connectivity index (χ1v) is 9.41. The molecule has 0 heterocycles. The molecule has 1 aliphatic carbocycles. The number of rotatable bonds is 3. The van der Waals surface area contributed by atoms with Crippen LogP contribution in [0.25, 0.3) is 0 Å². The molecule has 0 saturated heterocycles. The second kappa shape index (κ2) is 5.86. The summed E-state index contributed by atoms with van der Waals surface area (Å²) < 4.78 is 0. The third kappa shape index (κ3) is 2.66. The van der Waals surface area contributed by atoms with Gasteiger partial charge in [-0.3, -0.25) is 0 Å². The Morgan fingerprint density at radius 2 is 1.24 bits per heavy atom. The van der Waals surface area contributed by atoms with Crippen molar-refractivity contribution in [3.63, 3.8) is 0 Å². The fourth-order valence-corrected chi connectivity index (χ4v) is 7.08. The number of hydrogen-bond donors (Lipinski definition) is 0. The molecule has 0 nitrogen and oxygen atoms in total.